The first-order chi connectivity index (χ1) is 14.6. The maximum Gasteiger partial charge on any atom is 0.420 e. The first-order valence-electron chi connectivity index (χ1n) is 11.3. The van der Waals surface area contributed by atoms with E-state index in [9.17, 15) is 23.1 Å². The third kappa shape index (κ3) is 12.1. The van der Waals surface area contributed by atoms with E-state index in [1.54, 1.807) is 4.72 Å². The highest BCUT2D eigenvalue weighted by Gasteiger charge is 2.37. The summed E-state index contributed by atoms with van der Waals surface area (Å²) in [5.74, 6) is 0.714. The number of amides is 1. The highest BCUT2D eigenvalue weighted by molar-refractivity contribution is 7.89. The zero-order chi connectivity index (χ0) is 23.3. The third-order valence-electron chi connectivity index (χ3n) is 5.54. The van der Waals surface area contributed by atoms with Crippen LogP contribution in [-0.2, 0) is 19.6 Å². The summed E-state index contributed by atoms with van der Waals surface area (Å²) in [6, 6.07) is 0. The molecule has 0 aliphatic heterocycles. The van der Waals surface area contributed by atoms with Crippen LogP contribution in [0.1, 0.15) is 71.6 Å². The number of carbonyl (C=O) groups excluding carboxylic acids is 2. The lowest BCUT2D eigenvalue weighted by Gasteiger charge is -2.17. The number of aliphatic hydroxyl groups excluding tert-OH is 1. The monoisotopic (exact) mass is 457 g/mol. The van der Waals surface area contributed by atoms with Crippen molar-refractivity contribution in [3.05, 3.63) is 24.3 Å². The minimum absolute atomic E-state index is 0.0339. The number of unbranched alkanes of at least 4 members (excludes halogenated alkanes) is 4. The van der Waals surface area contributed by atoms with E-state index in [1.165, 1.54) is 0 Å². The first-order valence-corrected chi connectivity index (χ1v) is 13.2. The fourth-order valence-electron chi connectivity index (χ4n) is 3.86. The fraction of sp³-hybridized carbons (Fsp3) is 0.739. The third-order valence-corrected chi connectivity index (χ3v) is 6.08. The number of aliphatic hydroxyl groups is 1. The fourth-order valence-corrected chi connectivity index (χ4v) is 4.22. The Kier molecular flexibility index (Phi) is 12.7. The normalized spacial score (nSPS) is 23.0. The summed E-state index contributed by atoms with van der Waals surface area (Å²) in [4.78, 5) is 23.6. The lowest BCUT2D eigenvalue weighted by Crippen LogP contribution is -2.30. The van der Waals surface area contributed by atoms with Gasteiger partial charge in [-0.2, -0.15) is 0 Å². The Labute approximate surface area is 187 Å². The van der Waals surface area contributed by atoms with Crippen molar-refractivity contribution in [1.29, 1.82) is 0 Å². The van der Waals surface area contributed by atoms with Crippen LogP contribution in [0.25, 0.3) is 0 Å². The average Bonchev–Trinajstić information content (AvgIpc) is 2.93. The zero-order valence-corrected chi connectivity index (χ0v) is 19.9. The molecule has 31 heavy (non-hydrogen) atoms. The molecule has 7 nitrogen and oxygen atoms in total. The molecule has 1 amide bonds. The van der Waals surface area contributed by atoms with E-state index in [0.717, 1.165) is 44.8 Å². The molecular formula is C23H39NO6S. The Balaban J connectivity index is 2.33. The van der Waals surface area contributed by atoms with E-state index in [-0.39, 0.29) is 24.2 Å². The van der Waals surface area contributed by atoms with Crippen LogP contribution in [0, 0.1) is 17.8 Å². The van der Waals surface area contributed by atoms with Crippen molar-refractivity contribution >= 4 is 21.9 Å². The maximum atomic E-state index is 12.4. The molecule has 0 unspecified atom stereocenters. The minimum atomic E-state index is -3.60. The largest absolute Gasteiger partial charge is 0.449 e. The molecule has 178 valence electrons. The van der Waals surface area contributed by atoms with Crippen molar-refractivity contribution in [3.8, 4) is 0 Å². The number of ether oxygens (including phenoxy) is 1. The van der Waals surface area contributed by atoms with Crippen LogP contribution < -0.4 is 4.72 Å². The summed E-state index contributed by atoms with van der Waals surface area (Å²) in [6.07, 6.45) is 15.0. The Bertz CT molecular complexity index is 716. The average molecular weight is 458 g/mol. The summed E-state index contributed by atoms with van der Waals surface area (Å²) in [6.45, 7) is 4.39. The minimum Gasteiger partial charge on any atom is -0.449 e. The van der Waals surface area contributed by atoms with Gasteiger partial charge in [0.05, 0.1) is 19.0 Å². The van der Waals surface area contributed by atoms with E-state index in [4.69, 9.17) is 4.74 Å². The van der Waals surface area contributed by atoms with Gasteiger partial charge in [0.2, 0.25) is 10.0 Å². The van der Waals surface area contributed by atoms with Gasteiger partial charge in [-0.15, -0.1) is 0 Å². The van der Waals surface area contributed by atoms with Gasteiger partial charge >= 0.3 is 6.09 Å². The summed E-state index contributed by atoms with van der Waals surface area (Å²) >= 11 is 0. The van der Waals surface area contributed by atoms with Crippen LogP contribution in [0.3, 0.4) is 0 Å². The van der Waals surface area contributed by atoms with Gasteiger partial charge in [0, 0.05) is 12.3 Å². The molecule has 0 saturated heterocycles. The molecule has 1 saturated carbocycles. The van der Waals surface area contributed by atoms with Gasteiger partial charge in [0.15, 0.2) is 0 Å². The summed E-state index contributed by atoms with van der Waals surface area (Å²) in [7, 11) is -3.60. The number of hydrogen-bond acceptors (Lipinski definition) is 6. The molecule has 1 aliphatic carbocycles. The van der Waals surface area contributed by atoms with E-state index in [0.29, 0.717) is 25.2 Å². The van der Waals surface area contributed by atoms with E-state index in [2.05, 4.69) is 13.8 Å². The molecular weight excluding hydrogens is 418 g/mol. The van der Waals surface area contributed by atoms with E-state index in [1.807, 2.05) is 24.3 Å². The molecule has 1 aliphatic rings. The predicted octanol–water partition coefficient (Wildman–Crippen LogP) is 4.13. The molecule has 4 atom stereocenters. The Morgan fingerprint density at radius 3 is 2.68 bits per heavy atom. The van der Waals surface area contributed by atoms with Crippen molar-refractivity contribution in [2.75, 3.05) is 12.9 Å². The second-order valence-corrected chi connectivity index (χ2v) is 10.2. The molecule has 1 rings (SSSR count). The number of carbonyl (C=O) groups is 2. The standard InChI is InChI=1S/C23H39NO6S/c1-4-5-9-12-19(25)14-15-20-18(2)17-22(26)21(20)13-10-7-6-8-11-16-30-23(27)24-31(3,28)29/h7,10,14-15,18-21,25H,4-6,8-9,11-13,16-17H2,1-3H3,(H,24,27)/b10-7-,15-14+/t18-,19+,20+,21-/m1/s1. The summed E-state index contributed by atoms with van der Waals surface area (Å²) in [5, 5.41) is 10.1. The Morgan fingerprint density at radius 1 is 1.26 bits per heavy atom. The van der Waals surface area contributed by atoms with Crippen LogP contribution in [0.4, 0.5) is 4.79 Å². The number of allylic oxidation sites excluding steroid dienone is 3. The second-order valence-electron chi connectivity index (χ2n) is 8.49. The molecule has 0 bridgehead atoms. The van der Waals surface area contributed by atoms with E-state index >= 15 is 0 Å². The Hall–Kier alpha value is -1.67. The number of sulfonamides is 1. The number of rotatable bonds is 14. The summed E-state index contributed by atoms with van der Waals surface area (Å²) in [5.41, 5.74) is 0. The van der Waals surface area contributed by atoms with Crippen molar-refractivity contribution < 1.29 is 27.9 Å². The number of hydrogen-bond donors (Lipinski definition) is 2. The van der Waals surface area contributed by atoms with Crippen LogP contribution in [0.2, 0.25) is 0 Å². The SMILES string of the molecule is CCCCC[C@H](O)/C=C/[C@H]1[C@H](C)CC(=O)[C@@H]1C/C=C\CCCCOC(=O)NS(C)(=O)=O. The Morgan fingerprint density at radius 2 is 2.00 bits per heavy atom. The molecule has 0 radical (unpaired) electrons. The van der Waals surface area contributed by atoms with Crippen LogP contribution in [-0.4, -0.2) is 44.4 Å². The van der Waals surface area contributed by atoms with Crippen LogP contribution >= 0.6 is 0 Å². The lowest BCUT2D eigenvalue weighted by atomic mass is 9.87. The smallest absolute Gasteiger partial charge is 0.420 e. The topological polar surface area (TPSA) is 110 Å². The van der Waals surface area contributed by atoms with Crippen LogP contribution in [0.15, 0.2) is 24.3 Å². The molecule has 0 aromatic heterocycles. The molecule has 0 heterocycles. The first kappa shape index (κ1) is 27.4. The number of ketones is 1. The molecule has 1 fully saturated rings. The van der Waals surface area contributed by atoms with Gasteiger partial charge in [0.25, 0.3) is 0 Å². The van der Waals surface area contributed by atoms with Crippen LogP contribution in [0.5, 0.6) is 0 Å². The van der Waals surface area contributed by atoms with Gasteiger partial charge in [-0.05, 0) is 43.9 Å². The van der Waals surface area contributed by atoms with Gasteiger partial charge in [-0.1, -0.05) is 57.4 Å². The maximum absolute atomic E-state index is 12.4. The van der Waals surface area contributed by atoms with Crippen molar-refractivity contribution in [3.63, 3.8) is 0 Å². The van der Waals surface area contributed by atoms with Gasteiger partial charge in [-0.25, -0.2) is 17.9 Å². The number of nitrogens with one attached hydrogen (secondary N) is 1. The molecule has 0 aromatic carbocycles. The lowest BCUT2D eigenvalue weighted by molar-refractivity contribution is -0.121. The second kappa shape index (κ2) is 14.4. The van der Waals surface area contributed by atoms with Gasteiger partial charge in [0.1, 0.15) is 5.78 Å². The summed E-state index contributed by atoms with van der Waals surface area (Å²) < 4.78 is 28.3. The molecule has 8 heteroatoms. The van der Waals surface area contributed by atoms with Crippen molar-refractivity contribution in [2.45, 2.75) is 77.7 Å². The highest BCUT2D eigenvalue weighted by Crippen LogP contribution is 2.37. The van der Waals surface area contributed by atoms with Gasteiger partial charge in [-0.3, -0.25) is 4.79 Å². The van der Waals surface area contributed by atoms with Gasteiger partial charge < -0.3 is 9.84 Å². The number of Topliss-reactive ketones (excluding diaryl/α,β-unsaturated/α-hetero) is 1. The zero-order valence-electron chi connectivity index (χ0n) is 19.1. The van der Waals surface area contributed by atoms with Crippen molar-refractivity contribution in [2.24, 2.45) is 17.8 Å². The van der Waals surface area contributed by atoms with Crippen molar-refractivity contribution in [1.82, 2.24) is 4.72 Å². The highest BCUT2D eigenvalue weighted by atomic mass is 32.2. The quantitative estimate of drug-likeness (QED) is 0.300. The van der Waals surface area contributed by atoms with E-state index < -0.39 is 22.2 Å². The molecule has 2 N–H and O–H groups in total. The molecule has 0 spiro atoms. The molecule has 0 aromatic rings. The predicted molar refractivity (Wildman–Crippen MR) is 122 cm³/mol.